The Balaban J connectivity index is 0.964. The largest absolute Gasteiger partial charge is 0.308 e. The highest BCUT2D eigenvalue weighted by Gasteiger charge is 2.34. The van der Waals surface area contributed by atoms with E-state index in [1.807, 2.05) is 24.3 Å². The smallest absolute Gasteiger partial charge is 0.0991 e. The third-order valence-corrected chi connectivity index (χ3v) is 17.5. The zero-order valence-electron chi connectivity index (χ0n) is 47.4. The van der Waals surface area contributed by atoms with Crippen LogP contribution < -0.4 is 19.6 Å². The van der Waals surface area contributed by atoms with Gasteiger partial charge in [-0.1, -0.05) is 158 Å². The van der Waals surface area contributed by atoms with Crippen molar-refractivity contribution < 1.29 is 0 Å². The first-order chi connectivity index (χ1) is 43.6. The van der Waals surface area contributed by atoms with Crippen LogP contribution in [0.15, 0.2) is 303 Å². The first-order valence-electron chi connectivity index (χ1n) is 29.5. The Bertz CT molecular complexity index is 4950. The highest BCUT2D eigenvalue weighted by atomic mass is 15.3. The van der Waals surface area contributed by atoms with E-state index < -0.39 is 0 Å². The van der Waals surface area contributed by atoms with Crippen LogP contribution in [0, 0.1) is 22.7 Å². The first-order valence-corrected chi connectivity index (χ1v) is 29.5. The quantitative estimate of drug-likeness (QED) is 0.151. The van der Waals surface area contributed by atoms with Crippen LogP contribution in [0.3, 0.4) is 0 Å². The second-order valence-electron chi connectivity index (χ2n) is 22.3. The number of para-hydroxylation sites is 12. The van der Waals surface area contributed by atoms with Crippen molar-refractivity contribution in [3.63, 3.8) is 0 Å². The van der Waals surface area contributed by atoms with Gasteiger partial charge in [0.15, 0.2) is 0 Å². The second-order valence-corrected chi connectivity index (χ2v) is 22.3. The molecule has 0 bridgehead atoms. The number of nitrogens with zero attached hydrogens (tertiary/aromatic N) is 8. The normalized spacial score (nSPS) is 12.4. The highest BCUT2D eigenvalue weighted by Crippen LogP contribution is 2.58. The zero-order chi connectivity index (χ0) is 58.4. The minimum absolute atomic E-state index is 0.582. The molecule has 2 aliphatic heterocycles. The Morgan fingerprint density at radius 2 is 0.511 bits per heavy atom. The van der Waals surface area contributed by atoms with Gasteiger partial charge in [-0.2, -0.15) is 10.5 Å². The Morgan fingerprint density at radius 3 is 0.841 bits per heavy atom. The summed E-state index contributed by atoms with van der Waals surface area (Å²) in [5.74, 6) is 0. The van der Waals surface area contributed by atoms with E-state index in [1.54, 1.807) is 0 Å². The number of benzene rings is 13. The molecule has 13 aromatic carbocycles. The van der Waals surface area contributed by atoms with Gasteiger partial charge in [0.1, 0.15) is 0 Å². The maximum absolute atomic E-state index is 10.3. The molecule has 0 unspecified atom stereocenters. The summed E-state index contributed by atoms with van der Waals surface area (Å²) in [6.45, 7) is 0. The van der Waals surface area contributed by atoms with Gasteiger partial charge in [-0.15, -0.1) is 0 Å². The summed E-state index contributed by atoms with van der Waals surface area (Å²) in [4.78, 5) is 9.50. The number of hydrogen-bond acceptors (Lipinski definition) is 6. The van der Waals surface area contributed by atoms with Crippen molar-refractivity contribution in [2.75, 3.05) is 19.6 Å². The van der Waals surface area contributed by atoms with Crippen molar-refractivity contribution in [2.45, 2.75) is 0 Å². The molecule has 0 spiro atoms. The molecule has 0 radical (unpaired) electrons. The zero-order valence-corrected chi connectivity index (χ0v) is 47.4. The van der Waals surface area contributed by atoms with Crippen LogP contribution in [0.4, 0.5) is 68.2 Å². The number of rotatable bonds is 8. The molecular formula is C80H50N8. The average molecular weight is 1120 g/mol. The van der Waals surface area contributed by atoms with Crippen molar-refractivity contribution in [2.24, 2.45) is 0 Å². The van der Waals surface area contributed by atoms with E-state index in [4.69, 9.17) is 0 Å². The van der Waals surface area contributed by atoms with Gasteiger partial charge in [0, 0.05) is 66.8 Å². The fourth-order valence-electron chi connectivity index (χ4n) is 13.9. The van der Waals surface area contributed by atoms with Crippen LogP contribution in [-0.2, 0) is 0 Å². The standard InChI is InChI=1S/C80H50N8/c81-51-53-41-45-55(46-42-53)75-78-64-30-8-10-32-66(64)88(62-28-20-26-60(50-62)86-73-39-17-13-35-69(73)84(58-23-5-2-6-24-58)70-36-14-18-40-74(70)86)80(78)76(56-47-43-54(52-82)44-48-56)77-63-29-7-9-31-65(63)87(79(75)77)61-27-19-25-59(49-61)85-71-37-15-11-33-67(71)83(57-21-3-1-4-22-57)68-34-12-16-38-72(68)85/h1-50H. The van der Waals surface area contributed by atoms with Gasteiger partial charge in [0.05, 0.1) is 90.8 Å². The lowest BCUT2D eigenvalue weighted by Crippen LogP contribution is -2.23. The molecule has 0 atom stereocenters. The fourth-order valence-corrected chi connectivity index (χ4v) is 13.9. The Hall–Kier alpha value is -12.4. The van der Waals surface area contributed by atoms with E-state index in [9.17, 15) is 10.5 Å². The van der Waals surface area contributed by atoms with Crippen LogP contribution in [0.2, 0.25) is 0 Å². The molecule has 0 N–H and O–H groups in total. The topological polar surface area (TPSA) is 70.4 Å². The van der Waals surface area contributed by atoms with Gasteiger partial charge in [-0.05, 0) is 157 Å². The predicted octanol–water partition coefficient (Wildman–Crippen LogP) is 21.5. The number of nitriles is 2. The fraction of sp³-hybridized carbons (Fsp3) is 0. The second kappa shape index (κ2) is 20.2. The van der Waals surface area contributed by atoms with Crippen LogP contribution >= 0.6 is 0 Å². The Labute approximate surface area is 508 Å². The molecular weight excluding hydrogens is 1070 g/mol. The van der Waals surface area contributed by atoms with Gasteiger partial charge >= 0.3 is 0 Å². The molecule has 88 heavy (non-hydrogen) atoms. The molecule has 0 amide bonds. The molecule has 0 saturated carbocycles. The van der Waals surface area contributed by atoms with Crippen LogP contribution in [0.25, 0.3) is 77.2 Å². The molecule has 8 heteroatoms. The summed E-state index contributed by atoms with van der Waals surface area (Å²) in [5, 5.41) is 24.9. The lowest BCUT2D eigenvalue weighted by Gasteiger charge is -2.40. The van der Waals surface area contributed by atoms with Crippen molar-refractivity contribution in [3.05, 3.63) is 314 Å². The van der Waals surface area contributed by atoms with E-state index >= 15 is 0 Å². The summed E-state index contributed by atoms with van der Waals surface area (Å²) in [7, 11) is 0. The van der Waals surface area contributed by atoms with Crippen LogP contribution in [-0.4, -0.2) is 9.13 Å². The van der Waals surface area contributed by atoms with E-state index in [1.165, 1.54) is 0 Å². The minimum Gasteiger partial charge on any atom is -0.308 e. The number of anilines is 12. The summed E-state index contributed by atoms with van der Waals surface area (Å²) in [6, 6.07) is 112. The van der Waals surface area contributed by atoms with Gasteiger partial charge in [0.2, 0.25) is 0 Å². The molecule has 0 saturated heterocycles. The van der Waals surface area contributed by atoms with Crippen LogP contribution in [0.1, 0.15) is 11.1 Å². The summed E-state index contributed by atoms with van der Waals surface area (Å²) >= 11 is 0. The third-order valence-electron chi connectivity index (χ3n) is 17.5. The van der Waals surface area contributed by atoms with E-state index in [-0.39, 0.29) is 0 Å². The molecule has 0 fully saturated rings. The van der Waals surface area contributed by atoms with Gasteiger partial charge in [0.25, 0.3) is 0 Å². The molecule has 0 aliphatic carbocycles. The predicted molar refractivity (Wildman–Crippen MR) is 361 cm³/mol. The summed E-state index contributed by atoms with van der Waals surface area (Å²) in [5.41, 5.74) is 24.0. The molecule has 2 aliphatic rings. The molecule has 15 aromatic rings. The maximum Gasteiger partial charge on any atom is 0.0991 e. The van der Waals surface area contributed by atoms with Gasteiger partial charge < -0.3 is 28.7 Å². The lowest BCUT2D eigenvalue weighted by molar-refractivity contribution is 1.14. The van der Waals surface area contributed by atoms with Gasteiger partial charge in [-0.3, -0.25) is 0 Å². The van der Waals surface area contributed by atoms with E-state index in [0.29, 0.717) is 11.1 Å². The first kappa shape index (κ1) is 50.2. The monoisotopic (exact) mass is 1120 g/mol. The number of aromatic nitrogens is 2. The van der Waals surface area contributed by atoms with Crippen LogP contribution in [0.5, 0.6) is 0 Å². The van der Waals surface area contributed by atoms with Crippen molar-refractivity contribution in [1.29, 1.82) is 10.5 Å². The molecule has 2 aromatic heterocycles. The van der Waals surface area contributed by atoms with E-state index in [2.05, 4.69) is 320 Å². The number of hydrogen-bond donors (Lipinski definition) is 0. The lowest BCUT2D eigenvalue weighted by atomic mass is 9.89. The van der Waals surface area contributed by atoms with Crippen molar-refractivity contribution >= 4 is 112 Å². The molecule has 17 rings (SSSR count). The minimum atomic E-state index is 0.582. The van der Waals surface area contributed by atoms with Crippen molar-refractivity contribution in [1.82, 2.24) is 9.13 Å². The molecule has 410 valence electrons. The van der Waals surface area contributed by atoms with Crippen molar-refractivity contribution in [3.8, 4) is 45.8 Å². The number of fused-ring (bicyclic) bond motifs is 10. The third kappa shape index (κ3) is 7.63. The summed E-state index contributed by atoms with van der Waals surface area (Å²) in [6.07, 6.45) is 0. The van der Waals surface area contributed by atoms with E-state index in [0.717, 1.165) is 145 Å². The van der Waals surface area contributed by atoms with Gasteiger partial charge in [-0.25, -0.2) is 0 Å². The Kier molecular flexibility index (Phi) is 11.5. The average Bonchev–Trinajstić information content (AvgIpc) is 1.53. The maximum atomic E-state index is 10.3. The molecule has 4 heterocycles. The summed E-state index contributed by atoms with van der Waals surface area (Å²) < 4.78 is 4.92. The molecule has 8 nitrogen and oxygen atoms in total. The highest BCUT2D eigenvalue weighted by molar-refractivity contribution is 6.33. The Morgan fingerprint density at radius 1 is 0.239 bits per heavy atom. The SMILES string of the molecule is N#Cc1ccc(-c2c3c4ccccc4n(-c4cccc(N5c6ccccc6N(c6ccccc6)c6ccccc65)c4)c3c(-c3ccc(C#N)cc3)c3c4ccccc4n(-c4cccc(N5c6ccccc6N(c6ccccc6)c6ccccc65)c4)c23)cc1.